The maximum Gasteiger partial charge on any atom is 1.00 e. The molecule has 9 nitrogen and oxygen atoms in total. The van der Waals surface area contributed by atoms with Crippen LogP contribution in [-0.4, -0.2) is 79.5 Å². The van der Waals surface area contributed by atoms with E-state index in [1.165, 1.54) is 0 Å². The van der Waals surface area contributed by atoms with E-state index in [1.807, 2.05) is 0 Å². The van der Waals surface area contributed by atoms with Gasteiger partial charge < -0.3 is 45.6 Å². The van der Waals surface area contributed by atoms with Gasteiger partial charge in [-0.15, -0.1) is 0 Å². The summed E-state index contributed by atoms with van der Waals surface area (Å²) in [5.74, 6) is 0. The van der Waals surface area contributed by atoms with Crippen molar-refractivity contribution in [3.63, 3.8) is 0 Å². The average molecular weight is 266 g/mol. The summed E-state index contributed by atoms with van der Waals surface area (Å²) in [4.78, 5) is 8.44. The Morgan fingerprint density at radius 2 is 1.12 bits per heavy atom. The first-order valence-corrected chi connectivity index (χ1v) is 4.11. The van der Waals surface area contributed by atoms with Gasteiger partial charge in [0.25, 0.3) is 0 Å². The molecule has 0 heterocycles. The number of aliphatic hydroxyl groups is 6. The van der Waals surface area contributed by atoms with Crippen molar-refractivity contribution in [1.82, 2.24) is 0 Å². The van der Waals surface area contributed by atoms with Gasteiger partial charge in [0.05, 0.1) is 13.2 Å². The molecule has 98 valence electrons. The Morgan fingerprint density at radius 3 is 1.24 bits per heavy atom. The Bertz CT molecular complexity index is 172. The first kappa shape index (κ1) is 22.2. The standard InChI is InChI=1S/C6H14O6.CH2O3.Na/c7-1-3(9)5(11)6(12)4(10)2-8;2-1(3)4;/h3-12H,1-2H2;(H2,2,3,4);/q;;+1/p-1/t3-,4+,5-,6-;;/m1../s1. The number of aliphatic hydroxyl groups excluding tert-OH is 6. The third-order valence-electron chi connectivity index (χ3n) is 1.51. The molecule has 0 aliphatic rings. The van der Waals surface area contributed by atoms with Gasteiger partial charge in [0.2, 0.25) is 6.16 Å². The molecule has 0 rings (SSSR count). The quantitative estimate of drug-likeness (QED) is 0.237. The summed E-state index contributed by atoms with van der Waals surface area (Å²) in [5, 5.41) is 67.5. The maximum absolute atomic E-state index is 8.96. The second-order valence-corrected chi connectivity index (χ2v) is 2.75. The summed E-state index contributed by atoms with van der Waals surface area (Å²) in [6.07, 6.45) is -8.48. The molecule has 0 spiro atoms. The number of hydrogen-bond donors (Lipinski definition) is 7. The van der Waals surface area contributed by atoms with Gasteiger partial charge in [0.1, 0.15) is 24.4 Å². The van der Waals surface area contributed by atoms with Crippen LogP contribution in [0, 0.1) is 0 Å². The molecule has 0 amide bonds. The molecule has 0 aliphatic carbocycles. The summed E-state index contributed by atoms with van der Waals surface area (Å²) in [5.41, 5.74) is 0. The largest absolute Gasteiger partial charge is 1.00 e. The third-order valence-corrected chi connectivity index (χ3v) is 1.51. The van der Waals surface area contributed by atoms with Crippen molar-refractivity contribution in [3.8, 4) is 0 Å². The van der Waals surface area contributed by atoms with Crippen molar-refractivity contribution in [2.45, 2.75) is 24.4 Å². The van der Waals surface area contributed by atoms with E-state index < -0.39 is 43.8 Å². The van der Waals surface area contributed by atoms with E-state index >= 15 is 0 Å². The van der Waals surface area contributed by atoms with E-state index in [4.69, 9.17) is 45.6 Å². The van der Waals surface area contributed by atoms with Crippen LogP contribution in [0.1, 0.15) is 0 Å². The summed E-state index contributed by atoms with van der Waals surface area (Å²) in [6, 6.07) is 0. The molecule has 0 unspecified atom stereocenters. The SMILES string of the molecule is O=C([O-])O.OC[C@@H](O)[C@@H](O)[C@H](O)[C@@H](O)CO.[Na+]. The van der Waals surface area contributed by atoms with Gasteiger partial charge in [-0.2, -0.15) is 0 Å². The van der Waals surface area contributed by atoms with Gasteiger partial charge in [-0.05, 0) is 0 Å². The number of carboxylic acid groups (broad SMARTS) is 2. The predicted octanol–water partition coefficient (Wildman–Crippen LogP) is -7.69. The Hall–Kier alpha value is 0.0300. The van der Waals surface area contributed by atoms with Crippen LogP contribution in [0.4, 0.5) is 4.79 Å². The van der Waals surface area contributed by atoms with Crippen molar-refractivity contribution >= 4 is 6.16 Å². The van der Waals surface area contributed by atoms with Crippen LogP contribution < -0.4 is 34.7 Å². The molecule has 0 saturated heterocycles. The Morgan fingerprint density at radius 1 is 0.941 bits per heavy atom. The molecule has 10 heteroatoms. The molecule has 7 N–H and O–H groups in total. The first-order valence-electron chi connectivity index (χ1n) is 4.11. The van der Waals surface area contributed by atoms with E-state index in [1.54, 1.807) is 0 Å². The van der Waals surface area contributed by atoms with Crippen LogP contribution in [0.2, 0.25) is 0 Å². The van der Waals surface area contributed by atoms with Gasteiger partial charge in [-0.1, -0.05) is 0 Å². The zero-order valence-corrected chi connectivity index (χ0v) is 11.2. The van der Waals surface area contributed by atoms with Gasteiger partial charge >= 0.3 is 29.6 Å². The molecule has 0 aromatic carbocycles. The molecule has 0 aliphatic heterocycles. The average Bonchev–Trinajstić information content (AvgIpc) is 2.24. The third kappa shape index (κ3) is 12.3. The zero-order valence-electron chi connectivity index (χ0n) is 9.17. The molecule has 0 bridgehead atoms. The maximum atomic E-state index is 8.96. The number of carbonyl (C=O) groups is 1. The van der Waals surface area contributed by atoms with Crippen LogP contribution in [0.15, 0.2) is 0 Å². The molecule has 0 aromatic heterocycles. The van der Waals surface area contributed by atoms with Crippen molar-refractivity contribution in [1.29, 1.82) is 0 Å². The Balaban J connectivity index is -0.000000340. The van der Waals surface area contributed by atoms with Gasteiger partial charge in [0.15, 0.2) is 0 Å². The normalized spacial score (nSPS) is 16.6. The van der Waals surface area contributed by atoms with Gasteiger partial charge in [-0.3, -0.25) is 0 Å². The van der Waals surface area contributed by atoms with E-state index in [9.17, 15) is 0 Å². The fourth-order valence-electron chi connectivity index (χ4n) is 0.671. The van der Waals surface area contributed by atoms with Crippen molar-refractivity contribution in [2.24, 2.45) is 0 Å². The molecule has 0 fully saturated rings. The van der Waals surface area contributed by atoms with Crippen molar-refractivity contribution < 1.29 is 75.2 Å². The minimum atomic E-state index is -2.08. The van der Waals surface area contributed by atoms with Gasteiger partial charge in [0, 0.05) is 0 Å². The van der Waals surface area contributed by atoms with Crippen LogP contribution in [0.25, 0.3) is 0 Å². The molecular weight excluding hydrogens is 251 g/mol. The van der Waals surface area contributed by atoms with Crippen LogP contribution >= 0.6 is 0 Å². The van der Waals surface area contributed by atoms with Crippen LogP contribution in [-0.2, 0) is 0 Å². The number of rotatable bonds is 5. The minimum absolute atomic E-state index is 0. The van der Waals surface area contributed by atoms with Crippen LogP contribution in [0.3, 0.4) is 0 Å². The Kier molecular flexibility index (Phi) is 16.3. The van der Waals surface area contributed by atoms with Crippen molar-refractivity contribution in [3.05, 3.63) is 0 Å². The molecule has 0 radical (unpaired) electrons. The van der Waals surface area contributed by atoms with Crippen LogP contribution in [0.5, 0.6) is 0 Å². The summed E-state index contributed by atoms with van der Waals surface area (Å²) < 4.78 is 0. The summed E-state index contributed by atoms with van der Waals surface area (Å²) in [7, 11) is 0. The fraction of sp³-hybridized carbons (Fsp3) is 0.857. The first-order chi connectivity index (χ1) is 7.27. The fourth-order valence-corrected chi connectivity index (χ4v) is 0.671. The smallest absolute Gasteiger partial charge is 0.565 e. The van der Waals surface area contributed by atoms with E-state index in [0.717, 1.165) is 0 Å². The molecule has 0 saturated carbocycles. The minimum Gasteiger partial charge on any atom is -0.565 e. The number of hydrogen-bond acceptors (Lipinski definition) is 8. The molecular formula is C7H15NaO9. The summed E-state index contributed by atoms with van der Waals surface area (Å²) in [6.45, 7) is -1.45. The van der Waals surface area contributed by atoms with E-state index in [-0.39, 0.29) is 29.6 Å². The molecule has 0 aromatic rings. The van der Waals surface area contributed by atoms with Crippen molar-refractivity contribution in [2.75, 3.05) is 13.2 Å². The molecule has 17 heavy (non-hydrogen) atoms. The Labute approximate surface area is 119 Å². The molecule has 4 atom stereocenters. The predicted molar refractivity (Wildman–Crippen MR) is 46.2 cm³/mol. The zero-order chi connectivity index (χ0) is 13.3. The summed E-state index contributed by atoms with van der Waals surface area (Å²) >= 11 is 0. The van der Waals surface area contributed by atoms with Gasteiger partial charge in [-0.25, -0.2) is 0 Å². The van der Waals surface area contributed by atoms with E-state index in [0.29, 0.717) is 0 Å². The van der Waals surface area contributed by atoms with E-state index in [2.05, 4.69) is 0 Å². The second-order valence-electron chi connectivity index (χ2n) is 2.75. The topological polar surface area (TPSA) is 182 Å². The second kappa shape index (κ2) is 12.5. The monoisotopic (exact) mass is 266 g/mol.